The number of hydrogen-bond donors (Lipinski definition) is 1. The Balaban J connectivity index is 2.89. The molecule has 0 aliphatic heterocycles. The van der Waals surface area contributed by atoms with E-state index >= 15 is 0 Å². The van der Waals surface area contributed by atoms with Crippen molar-refractivity contribution in [3.05, 3.63) is 30.1 Å². The first-order valence-corrected chi connectivity index (χ1v) is 3.46. The Morgan fingerprint density at radius 1 is 1.42 bits per heavy atom. The summed E-state index contributed by atoms with van der Waals surface area (Å²) in [5.74, 6) is -0.395. The zero-order valence-electron chi connectivity index (χ0n) is 6.00. The molecule has 0 heterocycles. The Hall–Kier alpha value is -1.29. The minimum atomic E-state index is -0.803. The van der Waals surface area contributed by atoms with E-state index in [9.17, 15) is 9.18 Å². The average molecular weight is 189 g/mol. The summed E-state index contributed by atoms with van der Waals surface area (Å²) in [5.41, 5.74) is 5.21. The number of anilines is 1. The molecule has 0 saturated carbocycles. The van der Waals surface area contributed by atoms with E-state index in [0.717, 1.165) is 0 Å². The Bertz CT molecular complexity index is 288. The van der Waals surface area contributed by atoms with Crippen molar-refractivity contribution in [1.82, 2.24) is 0 Å². The lowest BCUT2D eigenvalue weighted by Gasteiger charge is -2.09. The van der Waals surface area contributed by atoms with Crippen LogP contribution in [0.2, 0.25) is 0 Å². The Morgan fingerprint density at radius 3 is 2.33 bits per heavy atom. The van der Waals surface area contributed by atoms with Crippen molar-refractivity contribution in [3.8, 4) is 0 Å². The molecule has 12 heavy (non-hydrogen) atoms. The van der Waals surface area contributed by atoms with Gasteiger partial charge in [-0.25, -0.2) is 13.6 Å². The molecule has 5 heteroatoms. The summed E-state index contributed by atoms with van der Waals surface area (Å²) < 4.78 is 13.1. The van der Waals surface area contributed by atoms with Crippen molar-refractivity contribution in [1.29, 1.82) is 0 Å². The van der Waals surface area contributed by atoms with Crippen LogP contribution in [0.25, 0.3) is 0 Å². The highest BCUT2D eigenvalue weighted by Gasteiger charge is 2.07. The van der Waals surface area contributed by atoms with Gasteiger partial charge in [-0.3, -0.25) is 0 Å². The van der Waals surface area contributed by atoms with Crippen LogP contribution >= 0.6 is 11.8 Å². The molecule has 1 rings (SSSR count). The molecule has 1 aromatic rings. The van der Waals surface area contributed by atoms with Crippen LogP contribution in [-0.4, -0.2) is 6.03 Å². The molecule has 64 valence electrons. The Kier molecular flexibility index (Phi) is 2.50. The van der Waals surface area contributed by atoms with E-state index in [1.807, 2.05) is 0 Å². The van der Waals surface area contributed by atoms with Crippen LogP contribution in [0.1, 0.15) is 0 Å². The van der Waals surface area contributed by atoms with Gasteiger partial charge in [-0.15, -0.1) is 0 Å². The van der Waals surface area contributed by atoms with Gasteiger partial charge in [-0.1, -0.05) is 0 Å². The number of carbonyl (C=O) groups excluding carboxylic acids is 1. The summed E-state index contributed by atoms with van der Waals surface area (Å²) >= 11 is 5.43. The first-order chi connectivity index (χ1) is 5.61. The number of primary amides is 1. The second-order valence-corrected chi connectivity index (χ2v) is 2.43. The van der Waals surface area contributed by atoms with Crippen LogP contribution in [0, 0.1) is 5.82 Å². The molecule has 0 aromatic heterocycles. The van der Waals surface area contributed by atoms with Gasteiger partial charge in [0.25, 0.3) is 0 Å². The molecule has 0 bridgehead atoms. The lowest BCUT2D eigenvalue weighted by atomic mass is 10.3. The third-order valence-electron chi connectivity index (χ3n) is 1.25. The van der Waals surface area contributed by atoms with Crippen LogP contribution in [0.3, 0.4) is 0 Å². The van der Waals surface area contributed by atoms with Crippen LogP contribution in [-0.2, 0) is 0 Å². The van der Waals surface area contributed by atoms with E-state index in [1.54, 1.807) is 0 Å². The van der Waals surface area contributed by atoms with Gasteiger partial charge < -0.3 is 5.73 Å². The number of hydrogen-bond acceptors (Lipinski definition) is 1. The molecule has 2 N–H and O–H groups in total. The highest BCUT2D eigenvalue weighted by molar-refractivity contribution is 6.36. The fourth-order valence-electron chi connectivity index (χ4n) is 0.699. The normalized spacial score (nSPS) is 9.50. The number of benzene rings is 1. The molecule has 0 radical (unpaired) electrons. The van der Waals surface area contributed by atoms with Crippen molar-refractivity contribution in [3.63, 3.8) is 0 Å². The first kappa shape index (κ1) is 8.80. The summed E-state index contributed by atoms with van der Waals surface area (Å²) in [4.78, 5) is 10.5. The maximum absolute atomic E-state index is 12.4. The van der Waals surface area contributed by atoms with Crippen LogP contribution in [0.5, 0.6) is 0 Å². The van der Waals surface area contributed by atoms with E-state index in [1.165, 1.54) is 24.3 Å². The average Bonchev–Trinajstić information content (AvgIpc) is 2.04. The summed E-state index contributed by atoms with van der Waals surface area (Å²) in [5, 5.41) is 0. The zero-order chi connectivity index (χ0) is 9.14. The third kappa shape index (κ3) is 1.85. The maximum atomic E-state index is 12.4. The summed E-state index contributed by atoms with van der Waals surface area (Å²) in [6.07, 6.45) is 0. The predicted octanol–water partition coefficient (Wildman–Crippen LogP) is 1.86. The van der Waals surface area contributed by atoms with Gasteiger partial charge >= 0.3 is 6.03 Å². The topological polar surface area (TPSA) is 46.3 Å². The highest BCUT2D eigenvalue weighted by Crippen LogP contribution is 2.15. The van der Waals surface area contributed by atoms with Gasteiger partial charge in [0, 0.05) is 11.8 Å². The third-order valence-corrected chi connectivity index (χ3v) is 1.61. The monoisotopic (exact) mass is 188 g/mol. The SMILES string of the molecule is NC(=O)N(Cl)c1ccc(F)cc1. The van der Waals surface area contributed by atoms with Gasteiger partial charge in [0.05, 0.1) is 5.69 Å². The van der Waals surface area contributed by atoms with Gasteiger partial charge in [0.1, 0.15) is 5.82 Å². The van der Waals surface area contributed by atoms with Crippen molar-refractivity contribution in [2.24, 2.45) is 5.73 Å². The minimum absolute atomic E-state index is 0.338. The molecule has 0 unspecified atom stereocenters. The lowest BCUT2D eigenvalue weighted by molar-refractivity contribution is 0.257. The minimum Gasteiger partial charge on any atom is -0.350 e. The molecule has 3 nitrogen and oxygen atoms in total. The number of nitrogens with two attached hydrogens (primary N) is 1. The molecular weight excluding hydrogens is 183 g/mol. The van der Waals surface area contributed by atoms with Crippen molar-refractivity contribution < 1.29 is 9.18 Å². The molecule has 0 saturated heterocycles. The van der Waals surface area contributed by atoms with Crippen molar-refractivity contribution in [2.45, 2.75) is 0 Å². The fourth-order valence-corrected chi connectivity index (χ4v) is 0.812. The molecule has 0 aliphatic rings. The zero-order valence-corrected chi connectivity index (χ0v) is 6.75. The Morgan fingerprint density at radius 2 is 1.92 bits per heavy atom. The van der Waals surface area contributed by atoms with E-state index in [2.05, 4.69) is 0 Å². The Labute approximate surface area is 73.6 Å². The summed E-state index contributed by atoms with van der Waals surface area (Å²) in [6, 6.07) is 4.28. The number of carbonyl (C=O) groups is 1. The maximum Gasteiger partial charge on any atom is 0.334 e. The summed E-state index contributed by atoms with van der Waals surface area (Å²) in [7, 11) is 0. The van der Waals surface area contributed by atoms with E-state index in [4.69, 9.17) is 17.5 Å². The molecule has 0 aliphatic carbocycles. The van der Waals surface area contributed by atoms with E-state index < -0.39 is 11.8 Å². The summed E-state index contributed by atoms with van der Waals surface area (Å²) in [6.45, 7) is 0. The quantitative estimate of drug-likeness (QED) is 0.672. The molecule has 2 amide bonds. The predicted molar refractivity (Wildman–Crippen MR) is 44.3 cm³/mol. The number of halogens is 2. The standard InChI is InChI=1S/C7H6ClFN2O/c8-11(7(10)12)6-3-1-5(9)2-4-6/h1-4H,(H2,10,12). The molecule has 0 atom stereocenters. The first-order valence-electron chi connectivity index (χ1n) is 3.12. The smallest absolute Gasteiger partial charge is 0.334 e. The second kappa shape index (κ2) is 3.40. The number of amides is 2. The lowest BCUT2D eigenvalue weighted by Crippen LogP contribution is -2.26. The highest BCUT2D eigenvalue weighted by atomic mass is 35.5. The van der Waals surface area contributed by atoms with Gasteiger partial charge in [-0.2, -0.15) is 0 Å². The second-order valence-electron chi connectivity index (χ2n) is 2.10. The van der Waals surface area contributed by atoms with E-state index in [0.29, 0.717) is 10.1 Å². The number of rotatable bonds is 1. The van der Waals surface area contributed by atoms with Crippen molar-refractivity contribution in [2.75, 3.05) is 4.42 Å². The largest absolute Gasteiger partial charge is 0.350 e. The van der Waals surface area contributed by atoms with Gasteiger partial charge in [-0.05, 0) is 24.3 Å². The van der Waals surface area contributed by atoms with Crippen LogP contribution < -0.4 is 10.2 Å². The molecule has 0 fully saturated rings. The molecular formula is C7H6ClFN2O. The molecule has 0 spiro atoms. The van der Waals surface area contributed by atoms with Gasteiger partial charge in [0.2, 0.25) is 0 Å². The fraction of sp³-hybridized carbons (Fsp3) is 0. The van der Waals surface area contributed by atoms with E-state index in [-0.39, 0.29) is 0 Å². The van der Waals surface area contributed by atoms with Crippen LogP contribution in [0.15, 0.2) is 24.3 Å². The number of urea groups is 1. The number of nitrogens with zero attached hydrogens (tertiary/aromatic N) is 1. The van der Waals surface area contributed by atoms with Crippen LogP contribution in [0.4, 0.5) is 14.9 Å². The molecule has 1 aromatic carbocycles. The van der Waals surface area contributed by atoms with Gasteiger partial charge in [0.15, 0.2) is 0 Å². The van der Waals surface area contributed by atoms with Crippen molar-refractivity contribution >= 4 is 23.5 Å².